The predicted molar refractivity (Wildman–Crippen MR) is 111 cm³/mol. The van der Waals surface area contributed by atoms with Gasteiger partial charge >= 0.3 is 0 Å². The third kappa shape index (κ3) is 4.81. The Morgan fingerprint density at radius 2 is 1.70 bits per heavy atom. The molecule has 0 spiro atoms. The van der Waals surface area contributed by atoms with Gasteiger partial charge in [0.1, 0.15) is 34.8 Å². The van der Waals surface area contributed by atoms with E-state index in [0.29, 0.717) is 28.2 Å². The van der Waals surface area contributed by atoms with E-state index in [1.54, 1.807) is 14.2 Å². The van der Waals surface area contributed by atoms with Gasteiger partial charge in [-0.15, -0.1) is 0 Å². The molecule has 0 unspecified atom stereocenters. The molecule has 0 aromatic heterocycles. The van der Waals surface area contributed by atoms with E-state index in [-0.39, 0.29) is 5.91 Å². The predicted octanol–water partition coefficient (Wildman–Crippen LogP) is 3.98. The molecule has 0 N–H and O–H groups in total. The quantitative estimate of drug-likeness (QED) is 0.397. The van der Waals surface area contributed by atoms with Crippen LogP contribution in [-0.4, -0.2) is 42.5 Å². The molecule has 0 saturated carbocycles. The number of thiocarbonyl (C=S) groups is 1. The van der Waals surface area contributed by atoms with Gasteiger partial charge in [0.15, 0.2) is 0 Å². The molecular formula is C20H19NO4S2. The summed E-state index contributed by atoms with van der Waals surface area (Å²) in [6.07, 6.45) is 1.81. The number of likely N-dealkylation sites (N-methyl/N-ethyl adjacent to an activating group) is 1. The fraction of sp³-hybridized carbons (Fsp3) is 0.200. The second-order valence-electron chi connectivity index (χ2n) is 5.65. The molecule has 1 aliphatic rings. The second kappa shape index (κ2) is 8.92. The maximum atomic E-state index is 12.2. The Hall–Kier alpha value is -2.51. The Kier molecular flexibility index (Phi) is 6.36. The van der Waals surface area contributed by atoms with Crippen molar-refractivity contribution in [3.05, 3.63) is 59.0 Å². The van der Waals surface area contributed by atoms with E-state index in [1.165, 1.54) is 16.7 Å². The van der Waals surface area contributed by atoms with E-state index < -0.39 is 0 Å². The minimum absolute atomic E-state index is 0.0948. The first-order chi connectivity index (χ1) is 13.1. The average molecular weight is 402 g/mol. The summed E-state index contributed by atoms with van der Waals surface area (Å²) >= 11 is 6.46. The Morgan fingerprint density at radius 3 is 2.37 bits per heavy atom. The molecule has 1 aliphatic heterocycles. The van der Waals surface area contributed by atoms with Crippen LogP contribution in [0.5, 0.6) is 17.2 Å². The van der Waals surface area contributed by atoms with Crippen molar-refractivity contribution < 1.29 is 19.0 Å². The smallest absolute Gasteiger partial charge is 0.265 e. The highest BCUT2D eigenvalue weighted by Gasteiger charge is 2.28. The van der Waals surface area contributed by atoms with Crippen LogP contribution in [0.1, 0.15) is 5.56 Å². The number of nitrogens with zero attached hydrogens (tertiary/aromatic N) is 1. The summed E-state index contributed by atoms with van der Waals surface area (Å²) in [5.41, 5.74) is 0.830. The minimum Gasteiger partial charge on any atom is -0.497 e. The first-order valence-corrected chi connectivity index (χ1v) is 9.51. The van der Waals surface area contributed by atoms with E-state index in [0.717, 1.165) is 17.1 Å². The van der Waals surface area contributed by atoms with Crippen LogP contribution in [0.25, 0.3) is 6.08 Å². The molecule has 3 rings (SSSR count). The molecule has 1 saturated heterocycles. The Bertz CT molecular complexity index is 865. The van der Waals surface area contributed by atoms with Crippen molar-refractivity contribution in [2.75, 3.05) is 27.4 Å². The molecule has 2 aromatic rings. The van der Waals surface area contributed by atoms with Gasteiger partial charge in [0.2, 0.25) is 0 Å². The van der Waals surface area contributed by atoms with Gasteiger partial charge in [-0.2, -0.15) is 0 Å². The Morgan fingerprint density at radius 1 is 1.04 bits per heavy atom. The van der Waals surface area contributed by atoms with Crippen LogP contribution in [0.2, 0.25) is 0 Å². The van der Waals surface area contributed by atoms with Crippen LogP contribution < -0.4 is 14.2 Å². The number of carbonyl (C=O) groups excluding carboxylic acids is 1. The number of hydrogen-bond acceptors (Lipinski definition) is 6. The van der Waals surface area contributed by atoms with Gasteiger partial charge in [0.05, 0.1) is 12.0 Å². The summed E-state index contributed by atoms with van der Waals surface area (Å²) in [5.74, 6) is 2.13. The first-order valence-electron chi connectivity index (χ1n) is 8.28. The van der Waals surface area contributed by atoms with Gasteiger partial charge in [-0.25, -0.2) is 0 Å². The lowest BCUT2D eigenvalue weighted by Gasteiger charge is -2.11. The third-order valence-electron chi connectivity index (χ3n) is 3.86. The SMILES string of the molecule is COc1ccc(OCCOc2ccccc2C=C2SC(=S)N(C)C2=O)cc1. The van der Waals surface area contributed by atoms with Crippen molar-refractivity contribution in [2.45, 2.75) is 0 Å². The van der Waals surface area contributed by atoms with Gasteiger partial charge in [0, 0.05) is 12.6 Å². The molecule has 0 atom stereocenters. The number of benzene rings is 2. The molecule has 0 bridgehead atoms. The van der Waals surface area contributed by atoms with Crippen LogP contribution in [0.4, 0.5) is 0 Å². The lowest BCUT2D eigenvalue weighted by Crippen LogP contribution is -2.22. The number of para-hydroxylation sites is 1. The number of methoxy groups -OCH3 is 1. The largest absolute Gasteiger partial charge is 0.497 e. The highest BCUT2D eigenvalue weighted by atomic mass is 32.2. The van der Waals surface area contributed by atoms with Gasteiger partial charge in [-0.1, -0.05) is 42.2 Å². The van der Waals surface area contributed by atoms with Crippen LogP contribution in [0.3, 0.4) is 0 Å². The average Bonchev–Trinajstić information content (AvgIpc) is 2.93. The van der Waals surface area contributed by atoms with Crippen molar-refractivity contribution in [3.8, 4) is 17.2 Å². The van der Waals surface area contributed by atoms with Crippen molar-refractivity contribution in [3.63, 3.8) is 0 Å². The second-order valence-corrected chi connectivity index (χ2v) is 7.33. The standard InChI is InChI=1S/C20H19NO4S2/c1-21-19(22)18(27-20(21)26)13-14-5-3-4-6-17(14)25-12-11-24-16-9-7-15(23-2)8-10-16/h3-10,13H,11-12H2,1-2H3. The van der Waals surface area contributed by atoms with Crippen LogP contribution in [-0.2, 0) is 4.79 Å². The zero-order valence-electron chi connectivity index (χ0n) is 15.0. The minimum atomic E-state index is -0.0948. The fourth-order valence-electron chi connectivity index (χ4n) is 2.40. The normalized spacial score (nSPS) is 15.3. The van der Waals surface area contributed by atoms with E-state index >= 15 is 0 Å². The van der Waals surface area contributed by atoms with Crippen molar-refractivity contribution in [1.29, 1.82) is 0 Å². The molecule has 2 aromatic carbocycles. The molecule has 1 fully saturated rings. The van der Waals surface area contributed by atoms with Crippen LogP contribution in [0, 0.1) is 0 Å². The molecule has 27 heavy (non-hydrogen) atoms. The summed E-state index contributed by atoms with van der Waals surface area (Å²) in [5, 5.41) is 0. The highest BCUT2D eigenvalue weighted by Crippen LogP contribution is 2.33. The number of thioether (sulfide) groups is 1. The van der Waals surface area contributed by atoms with Crippen molar-refractivity contribution in [1.82, 2.24) is 4.90 Å². The molecule has 140 valence electrons. The summed E-state index contributed by atoms with van der Waals surface area (Å²) in [6, 6.07) is 14.9. The zero-order chi connectivity index (χ0) is 19.2. The maximum Gasteiger partial charge on any atom is 0.265 e. The molecular weight excluding hydrogens is 382 g/mol. The topological polar surface area (TPSA) is 48.0 Å². The van der Waals surface area contributed by atoms with Crippen molar-refractivity contribution in [2.24, 2.45) is 0 Å². The number of hydrogen-bond donors (Lipinski definition) is 0. The number of carbonyl (C=O) groups is 1. The lowest BCUT2D eigenvalue weighted by molar-refractivity contribution is -0.121. The van der Waals surface area contributed by atoms with Crippen LogP contribution >= 0.6 is 24.0 Å². The summed E-state index contributed by atoms with van der Waals surface area (Å²) in [6.45, 7) is 0.781. The molecule has 5 nitrogen and oxygen atoms in total. The molecule has 1 heterocycles. The first kappa shape index (κ1) is 19.3. The summed E-state index contributed by atoms with van der Waals surface area (Å²) in [4.78, 5) is 14.2. The lowest BCUT2D eigenvalue weighted by atomic mass is 10.2. The summed E-state index contributed by atoms with van der Waals surface area (Å²) < 4.78 is 17.2. The zero-order valence-corrected chi connectivity index (χ0v) is 16.6. The van der Waals surface area contributed by atoms with Gasteiger partial charge < -0.3 is 14.2 Å². The van der Waals surface area contributed by atoms with E-state index in [9.17, 15) is 4.79 Å². The third-order valence-corrected chi connectivity index (χ3v) is 5.35. The Balaban J connectivity index is 1.59. The van der Waals surface area contributed by atoms with E-state index in [2.05, 4.69) is 0 Å². The molecule has 7 heteroatoms. The highest BCUT2D eigenvalue weighted by molar-refractivity contribution is 8.26. The fourth-order valence-corrected chi connectivity index (χ4v) is 3.57. The number of amides is 1. The monoisotopic (exact) mass is 401 g/mol. The summed E-state index contributed by atoms with van der Waals surface area (Å²) in [7, 11) is 3.30. The van der Waals surface area contributed by atoms with Gasteiger partial charge in [0.25, 0.3) is 5.91 Å². The van der Waals surface area contributed by atoms with Gasteiger partial charge in [-0.3, -0.25) is 9.69 Å². The molecule has 1 amide bonds. The van der Waals surface area contributed by atoms with Crippen LogP contribution in [0.15, 0.2) is 53.4 Å². The Labute approximate surface area is 167 Å². The number of ether oxygens (including phenoxy) is 3. The maximum absolute atomic E-state index is 12.2. The molecule has 0 radical (unpaired) electrons. The van der Waals surface area contributed by atoms with Gasteiger partial charge in [-0.05, 0) is 36.4 Å². The van der Waals surface area contributed by atoms with E-state index in [4.69, 9.17) is 26.4 Å². The van der Waals surface area contributed by atoms with Crippen molar-refractivity contribution >= 4 is 40.3 Å². The van der Waals surface area contributed by atoms with E-state index in [1.807, 2.05) is 54.6 Å². The molecule has 0 aliphatic carbocycles. The number of rotatable bonds is 7.